The van der Waals surface area contributed by atoms with Crippen LogP contribution in [0.15, 0.2) is 24.8 Å². The van der Waals surface area contributed by atoms with Crippen LogP contribution in [0, 0.1) is 0 Å². The SMILES string of the molecule is CC(C)n1cncc1-c1ccnc(N)n1. The van der Waals surface area contributed by atoms with E-state index in [0.29, 0.717) is 6.04 Å². The number of hydrogen-bond donors (Lipinski definition) is 1. The fourth-order valence-electron chi connectivity index (χ4n) is 1.43. The number of nitrogens with zero attached hydrogens (tertiary/aromatic N) is 4. The summed E-state index contributed by atoms with van der Waals surface area (Å²) in [6, 6.07) is 2.17. The number of nitrogen functional groups attached to an aromatic ring is 1. The van der Waals surface area contributed by atoms with E-state index in [2.05, 4.69) is 28.8 Å². The van der Waals surface area contributed by atoms with E-state index in [0.717, 1.165) is 11.4 Å². The fourth-order valence-corrected chi connectivity index (χ4v) is 1.43. The van der Waals surface area contributed by atoms with Gasteiger partial charge in [-0.3, -0.25) is 0 Å². The van der Waals surface area contributed by atoms with E-state index < -0.39 is 0 Å². The molecule has 2 aromatic heterocycles. The topological polar surface area (TPSA) is 69.6 Å². The molecular formula is C10H13N5. The first kappa shape index (κ1) is 9.64. The molecule has 5 nitrogen and oxygen atoms in total. The quantitative estimate of drug-likeness (QED) is 0.803. The van der Waals surface area contributed by atoms with Crippen LogP contribution in [-0.2, 0) is 0 Å². The summed E-state index contributed by atoms with van der Waals surface area (Å²) in [6.07, 6.45) is 5.22. The average molecular weight is 203 g/mol. The lowest BCUT2D eigenvalue weighted by atomic mass is 10.3. The van der Waals surface area contributed by atoms with Gasteiger partial charge < -0.3 is 10.3 Å². The molecule has 0 aliphatic rings. The molecule has 15 heavy (non-hydrogen) atoms. The largest absolute Gasteiger partial charge is 0.368 e. The van der Waals surface area contributed by atoms with Crippen LogP contribution in [0.4, 0.5) is 5.95 Å². The third kappa shape index (κ3) is 1.81. The van der Waals surface area contributed by atoms with Crippen LogP contribution in [0.3, 0.4) is 0 Å². The highest BCUT2D eigenvalue weighted by Gasteiger charge is 2.08. The molecule has 0 fully saturated rings. The second kappa shape index (κ2) is 3.68. The number of hydrogen-bond acceptors (Lipinski definition) is 4. The predicted octanol–water partition coefficient (Wildman–Crippen LogP) is 1.50. The van der Waals surface area contributed by atoms with Crippen LogP contribution in [0.5, 0.6) is 0 Å². The Balaban J connectivity index is 2.49. The lowest BCUT2D eigenvalue weighted by Crippen LogP contribution is -2.03. The van der Waals surface area contributed by atoms with Crippen molar-refractivity contribution in [3.05, 3.63) is 24.8 Å². The Kier molecular flexibility index (Phi) is 2.37. The van der Waals surface area contributed by atoms with Crippen molar-refractivity contribution in [2.24, 2.45) is 0 Å². The summed E-state index contributed by atoms with van der Waals surface area (Å²) >= 11 is 0. The molecule has 0 bridgehead atoms. The maximum atomic E-state index is 5.54. The van der Waals surface area contributed by atoms with Gasteiger partial charge in [0.1, 0.15) is 0 Å². The van der Waals surface area contributed by atoms with Gasteiger partial charge in [-0.2, -0.15) is 0 Å². The molecule has 0 unspecified atom stereocenters. The standard InChI is InChI=1S/C10H13N5/c1-7(2)15-6-12-5-9(15)8-3-4-13-10(11)14-8/h3-7H,1-2H3,(H2,11,13,14). The summed E-state index contributed by atoms with van der Waals surface area (Å²) in [5.74, 6) is 0.281. The van der Waals surface area contributed by atoms with Crippen molar-refractivity contribution in [2.75, 3.05) is 5.73 Å². The summed E-state index contributed by atoms with van der Waals surface area (Å²) < 4.78 is 2.04. The van der Waals surface area contributed by atoms with Gasteiger partial charge in [-0.15, -0.1) is 0 Å². The Bertz CT molecular complexity index is 460. The van der Waals surface area contributed by atoms with Gasteiger partial charge in [-0.1, -0.05) is 0 Å². The number of nitrogens with two attached hydrogens (primary N) is 1. The Labute approximate surface area is 88.0 Å². The predicted molar refractivity (Wildman–Crippen MR) is 58.1 cm³/mol. The van der Waals surface area contributed by atoms with E-state index in [1.54, 1.807) is 18.7 Å². The minimum absolute atomic E-state index is 0.281. The fraction of sp³-hybridized carbons (Fsp3) is 0.300. The first-order valence-corrected chi connectivity index (χ1v) is 4.79. The minimum atomic E-state index is 0.281. The van der Waals surface area contributed by atoms with E-state index in [-0.39, 0.29) is 5.95 Å². The zero-order valence-corrected chi connectivity index (χ0v) is 8.75. The second-order valence-corrected chi connectivity index (χ2v) is 3.58. The highest BCUT2D eigenvalue weighted by molar-refractivity contribution is 5.54. The number of anilines is 1. The third-order valence-electron chi connectivity index (χ3n) is 2.16. The van der Waals surface area contributed by atoms with Gasteiger partial charge >= 0.3 is 0 Å². The van der Waals surface area contributed by atoms with Crippen LogP contribution in [0.2, 0.25) is 0 Å². The van der Waals surface area contributed by atoms with Crippen LogP contribution < -0.4 is 5.73 Å². The van der Waals surface area contributed by atoms with Gasteiger partial charge in [0.2, 0.25) is 5.95 Å². The van der Waals surface area contributed by atoms with E-state index >= 15 is 0 Å². The Morgan fingerprint density at radius 3 is 2.87 bits per heavy atom. The Morgan fingerprint density at radius 1 is 1.40 bits per heavy atom. The molecule has 2 rings (SSSR count). The first-order valence-electron chi connectivity index (χ1n) is 4.79. The zero-order chi connectivity index (χ0) is 10.8. The monoisotopic (exact) mass is 203 g/mol. The number of imidazole rings is 1. The molecule has 0 aromatic carbocycles. The van der Waals surface area contributed by atoms with Gasteiger partial charge in [-0.25, -0.2) is 15.0 Å². The summed E-state index contributed by atoms with van der Waals surface area (Å²) in [6.45, 7) is 4.19. The summed E-state index contributed by atoms with van der Waals surface area (Å²) in [4.78, 5) is 12.1. The van der Waals surface area contributed by atoms with Crippen LogP contribution in [0.25, 0.3) is 11.4 Å². The molecule has 2 aromatic rings. The third-order valence-corrected chi connectivity index (χ3v) is 2.16. The molecule has 0 radical (unpaired) electrons. The average Bonchev–Trinajstić information content (AvgIpc) is 2.65. The van der Waals surface area contributed by atoms with Crippen molar-refractivity contribution in [1.29, 1.82) is 0 Å². The molecule has 0 spiro atoms. The highest BCUT2D eigenvalue weighted by atomic mass is 15.1. The summed E-state index contributed by atoms with van der Waals surface area (Å²) in [5, 5.41) is 0. The van der Waals surface area contributed by atoms with Crippen LogP contribution >= 0.6 is 0 Å². The maximum Gasteiger partial charge on any atom is 0.220 e. The molecule has 0 aliphatic carbocycles. The normalized spacial score (nSPS) is 10.9. The first-order chi connectivity index (χ1) is 7.18. The van der Waals surface area contributed by atoms with Crippen molar-refractivity contribution >= 4 is 5.95 Å². The van der Waals surface area contributed by atoms with Gasteiger partial charge in [0, 0.05) is 12.2 Å². The minimum Gasteiger partial charge on any atom is -0.368 e. The summed E-state index contributed by atoms with van der Waals surface area (Å²) in [7, 11) is 0. The lowest BCUT2D eigenvalue weighted by Gasteiger charge is -2.10. The van der Waals surface area contributed by atoms with Crippen molar-refractivity contribution in [3.63, 3.8) is 0 Å². The van der Waals surface area contributed by atoms with Gasteiger partial charge in [0.25, 0.3) is 0 Å². The van der Waals surface area contributed by atoms with Gasteiger partial charge in [0.15, 0.2) is 0 Å². The Hall–Kier alpha value is -1.91. The molecule has 2 N–H and O–H groups in total. The smallest absolute Gasteiger partial charge is 0.220 e. The molecule has 0 amide bonds. The van der Waals surface area contributed by atoms with E-state index in [1.807, 2.05) is 10.6 Å². The molecule has 0 saturated heterocycles. The van der Waals surface area contributed by atoms with Crippen LogP contribution in [0.1, 0.15) is 19.9 Å². The van der Waals surface area contributed by atoms with Gasteiger partial charge in [-0.05, 0) is 19.9 Å². The second-order valence-electron chi connectivity index (χ2n) is 3.58. The highest BCUT2D eigenvalue weighted by Crippen LogP contribution is 2.20. The molecule has 2 heterocycles. The number of rotatable bonds is 2. The maximum absolute atomic E-state index is 5.54. The Morgan fingerprint density at radius 2 is 2.20 bits per heavy atom. The van der Waals surface area contributed by atoms with Gasteiger partial charge in [0.05, 0.1) is 23.9 Å². The van der Waals surface area contributed by atoms with Crippen molar-refractivity contribution < 1.29 is 0 Å². The van der Waals surface area contributed by atoms with E-state index in [4.69, 9.17) is 5.73 Å². The van der Waals surface area contributed by atoms with Crippen LogP contribution in [-0.4, -0.2) is 19.5 Å². The van der Waals surface area contributed by atoms with Crippen molar-refractivity contribution in [1.82, 2.24) is 19.5 Å². The van der Waals surface area contributed by atoms with E-state index in [9.17, 15) is 0 Å². The molecular weight excluding hydrogens is 190 g/mol. The van der Waals surface area contributed by atoms with Crippen molar-refractivity contribution in [3.8, 4) is 11.4 Å². The molecule has 78 valence electrons. The lowest BCUT2D eigenvalue weighted by molar-refractivity contribution is 0.604. The molecule has 0 saturated carbocycles. The van der Waals surface area contributed by atoms with E-state index in [1.165, 1.54) is 0 Å². The zero-order valence-electron chi connectivity index (χ0n) is 8.75. The molecule has 5 heteroatoms. The molecule has 0 aliphatic heterocycles. The molecule has 0 atom stereocenters. The number of aromatic nitrogens is 4. The summed E-state index contributed by atoms with van der Waals surface area (Å²) in [5.41, 5.74) is 7.30. The van der Waals surface area contributed by atoms with Crippen molar-refractivity contribution in [2.45, 2.75) is 19.9 Å².